The maximum Gasteiger partial charge on any atom is 0.0462 e. The second kappa shape index (κ2) is 6.46. The number of hydrogen-bond acceptors (Lipinski definition) is 1. The van der Waals surface area contributed by atoms with Crippen LogP contribution in [0.2, 0.25) is 5.02 Å². The fraction of sp³-hybridized carbons (Fsp3) is 0.455. The quantitative estimate of drug-likeness (QED) is 0.779. The number of rotatable bonds is 5. The van der Waals surface area contributed by atoms with Crippen LogP contribution in [0.1, 0.15) is 12.5 Å². The van der Waals surface area contributed by atoms with Crippen LogP contribution < -0.4 is 5.32 Å². The third-order valence-corrected chi connectivity index (χ3v) is 4.34. The highest BCUT2D eigenvalue weighted by atomic mass is 79.9. The number of alkyl halides is 2. The molecular weight excluding hydrogens is 332 g/mol. The minimum absolute atomic E-state index is 0.264. The van der Waals surface area contributed by atoms with Crippen molar-refractivity contribution in [1.29, 1.82) is 0 Å². The maximum atomic E-state index is 6.11. The molecule has 90 valence electrons. The summed E-state index contributed by atoms with van der Waals surface area (Å²) in [5, 5.41) is 4.04. The second-order valence-electron chi connectivity index (χ2n) is 3.92. The predicted octanol–water partition coefficient (Wildman–Crippen LogP) is 4.43. The van der Waals surface area contributed by atoms with Crippen LogP contribution in [-0.2, 0) is 6.54 Å². The van der Waals surface area contributed by atoms with Gasteiger partial charge in [-0.25, -0.2) is 0 Å². The summed E-state index contributed by atoms with van der Waals surface area (Å²) in [5.74, 6) is 0.926. The Morgan fingerprint density at radius 1 is 1.31 bits per heavy atom. The zero-order chi connectivity index (χ0) is 12.2. The van der Waals surface area contributed by atoms with Gasteiger partial charge in [0.1, 0.15) is 0 Å². The molecule has 0 heterocycles. The van der Waals surface area contributed by atoms with Gasteiger partial charge in [0.25, 0.3) is 0 Å². The molecule has 0 fully saturated rings. The topological polar surface area (TPSA) is 12.0 Å². The van der Waals surface area contributed by atoms with Crippen LogP contribution in [0.3, 0.4) is 0 Å². The van der Waals surface area contributed by atoms with Gasteiger partial charge in [-0.3, -0.25) is 0 Å². The van der Waals surface area contributed by atoms with Crippen molar-refractivity contribution in [2.24, 2.45) is 0 Å². The summed E-state index contributed by atoms with van der Waals surface area (Å²) in [6.07, 6.45) is 0. The Labute approximate surface area is 120 Å². The van der Waals surface area contributed by atoms with E-state index in [1.165, 1.54) is 0 Å². The second-order valence-corrected chi connectivity index (χ2v) is 5.77. The number of nitrogens with one attached hydrogen (secondary N) is 1. The highest BCUT2D eigenvalue weighted by molar-refractivity contribution is 9.10. The SMILES string of the molecule is CC(CCl)(CCl)NCc1ccc(Br)cc1Cl. The van der Waals surface area contributed by atoms with E-state index in [9.17, 15) is 0 Å². The van der Waals surface area contributed by atoms with Crippen molar-refractivity contribution in [2.45, 2.75) is 19.0 Å². The average Bonchev–Trinajstić information content (AvgIpc) is 2.27. The number of hydrogen-bond donors (Lipinski definition) is 1. The molecule has 0 saturated carbocycles. The molecule has 0 saturated heterocycles. The normalized spacial score (nSPS) is 11.8. The van der Waals surface area contributed by atoms with Crippen LogP contribution in [0, 0.1) is 0 Å². The third kappa shape index (κ3) is 4.08. The van der Waals surface area contributed by atoms with Gasteiger partial charge in [0.15, 0.2) is 0 Å². The summed E-state index contributed by atoms with van der Waals surface area (Å²) >= 11 is 21.2. The Hall–Kier alpha value is 0.530. The zero-order valence-electron chi connectivity index (χ0n) is 8.87. The van der Waals surface area contributed by atoms with Crippen LogP contribution in [0.4, 0.5) is 0 Å². The van der Waals surface area contributed by atoms with E-state index in [0.29, 0.717) is 18.3 Å². The van der Waals surface area contributed by atoms with Gasteiger partial charge in [0.2, 0.25) is 0 Å². The molecule has 16 heavy (non-hydrogen) atoms. The third-order valence-electron chi connectivity index (χ3n) is 2.31. The van der Waals surface area contributed by atoms with Gasteiger partial charge in [0, 0.05) is 33.3 Å². The first kappa shape index (κ1) is 14.6. The lowest BCUT2D eigenvalue weighted by atomic mass is 10.1. The molecule has 0 aromatic heterocycles. The molecule has 1 aromatic rings. The molecule has 5 heteroatoms. The molecule has 1 nitrogen and oxygen atoms in total. The molecule has 1 aromatic carbocycles. The van der Waals surface area contributed by atoms with Crippen molar-refractivity contribution >= 4 is 50.7 Å². The molecule has 0 unspecified atom stereocenters. The van der Waals surface area contributed by atoms with E-state index in [1.807, 2.05) is 25.1 Å². The molecule has 1 rings (SSSR count). The Kier molecular flexibility index (Phi) is 5.89. The average molecular weight is 345 g/mol. The first-order valence-electron chi connectivity index (χ1n) is 4.81. The summed E-state index contributed by atoms with van der Waals surface area (Å²) in [6, 6.07) is 5.81. The van der Waals surface area contributed by atoms with Crippen LogP contribution in [-0.4, -0.2) is 17.3 Å². The van der Waals surface area contributed by atoms with E-state index in [-0.39, 0.29) is 5.54 Å². The Morgan fingerprint density at radius 3 is 2.44 bits per heavy atom. The van der Waals surface area contributed by atoms with Crippen molar-refractivity contribution in [2.75, 3.05) is 11.8 Å². The molecule has 0 aliphatic rings. The van der Waals surface area contributed by atoms with Gasteiger partial charge >= 0.3 is 0 Å². The van der Waals surface area contributed by atoms with Crippen molar-refractivity contribution in [1.82, 2.24) is 5.32 Å². The largest absolute Gasteiger partial charge is 0.305 e. The van der Waals surface area contributed by atoms with Gasteiger partial charge in [-0.05, 0) is 24.6 Å². The smallest absolute Gasteiger partial charge is 0.0462 e. The summed E-state index contributed by atoms with van der Waals surface area (Å²) < 4.78 is 0.971. The van der Waals surface area contributed by atoms with Crippen molar-refractivity contribution < 1.29 is 0 Å². The van der Waals surface area contributed by atoms with Crippen LogP contribution in [0.15, 0.2) is 22.7 Å². The van der Waals surface area contributed by atoms with Gasteiger partial charge in [-0.15, -0.1) is 23.2 Å². The van der Waals surface area contributed by atoms with E-state index in [4.69, 9.17) is 34.8 Å². The van der Waals surface area contributed by atoms with Crippen molar-refractivity contribution in [3.05, 3.63) is 33.3 Å². The van der Waals surface area contributed by atoms with Crippen LogP contribution in [0.5, 0.6) is 0 Å². The summed E-state index contributed by atoms with van der Waals surface area (Å²) in [6.45, 7) is 2.64. The molecular formula is C11H13BrCl3N. The van der Waals surface area contributed by atoms with E-state index in [1.54, 1.807) is 0 Å². The molecule has 0 atom stereocenters. The van der Waals surface area contributed by atoms with Crippen LogP contribution >= 0.6 is 50.7 Å². The van der Waals surface area contributed by atoms with E-state index in [0.717, 1.165) is 15.1 Å². The van der Waals surface area contributed by atoms with Crippen molar-refractivity contribution in [3.63, 3.8) is 0 Å². The summed E-state index contributed by atoms with van der Waals surface area (Å²) in [4.78, 5) is 0. The highest BCUT2D eigenvalue weighted by Crippen LogP contribution is 2.22. The minimum atomic E-state index is -0.264. The summed E-state index contributed by atoms with van der Waals surface area (Å²) in [7, 11) is 0. The molecule has 0 amide bonds. The fourth-order valence-electron chi connectivity index (χ4n) is 1.10. The van der Waals surface area contributed by atoms with Crippen LogP contribution in [0.25, 0.3) is 0 Å². The van der Waals surface area contributed by atoms with E-state index in [2.05, 4.69) is 21.2 Å². The summed E-state index contributed by atoms with van der Waals surface area (Å²) in [5.41, 5.74) is 0.769. The van der Waals surface area contributed by atoms with E-state index >= 15 is 0 Å². The Balaban J connectivity index is 2.67. The number of benzene rings is 1. The number of halogens is 4. The minimum Gasteiger partial charge on any atom is -0.305 e. The Morgan fingerprint density at radius 2 is 1.94 bits per heavy atom. The van der Waals surface area contributed by atoms with Crippen molar-refractivity contribution in [3.8, 4) is 0 Å². The molecule has 0 spiro atoms. The highest BCUT2D eigenvalue weighted by Gasteiger charge is 2.21. The molecule has 0 aliphatic heterocycles. The first-order valence-corrected chi connectivity index (χ1v) is 7.05. The monoisotopic (exact) mass is 343 g/mol. The first-order chi connectivity index (χ1) is 7.50. The lowest BCUT2D eigenvalue weighted by Crippen LogP contribution is -2.45. The lowest BCUT2D eigenvalue weighted by Gasteiger charge is -2.26. The van der Waals surface area contributed by atoms with Gasteiger partial charge in [-0.2, -0.15) is 0 Å². The molecule has 0 aliphatic carbocycles. The lowest BCUT2D eigenvalue weighted by molar-refractivity contribution is 0.435. The zero-order valence-corrected chi connectivity index (χ0v) is 12.7. The molecule has 0 radical (unpaired) electrons. The fourth-order valence-corrected chi connectivity index (χ4v) is 2.32. The van der Waals surface area contributed by atoms with E-state index < -0.39 is 0 Å². The Bertz CT molecular complexity index is 353. The van der Waals surface area contributed by atoms with Gasteiger partial charge < -0.3 is 5.32 Å². The van der Waals surface area contributed by atoms with Gasteiger partial charge in [0.05, 0.1) is 0 Å². The maximum absolute atomic E-state index is 6.11. The van der Waals surface area contributed by atoms with Gasteiger partial charge in [-0.1, -0.05) is 33.6 Å². The molecule has 1 N–H and O–H groups in total. The standard InChI is InChI=1S/C11H13BrCl3N/c1-11(6-13,7-14)16-5-8-2-3-9(12)4-10(8)15/h2-4,16H,5-7H2,1H3. The predicted molar refractivity (Wildman–Crippen MR) is 75.8 cm³/mol. The molecule has 0 bridgehead atoms.